The highest BCUT2D eigenvalue weighted by Gasteiger charge is 2.22. The Kier molecular flexibility index (Phi) is 7.75. The van der Waals surface area contributed by atoms with Crippen LogP contribution in [0.2, 0.25) is 0 Å². The Balaban J connectivity index is 1.31. The first-order chi connectivity index (χ1) is 16.1. The summed E-state index contributed by atoms with van der Waals surface area (Å²) in [5.74, 6) is -0.474. The molecule has 1 N–H and O–H groups in total. The zero-order valence-electron chi connectivity index (χ0n) is 19.3. The van der Waals surface area contributed by atoms with Crippen LogP contribution >= 0.6 is 11.3 Å². The standard InChI is InChI=1S/C26H31N3O3S/c1-3-21-16-23(26(31)32-4-2)25(33-21)27-24(30)18-29-14-12-28(13-15-29)17-20-10-7-9-19-8-5-6-11-22(19)20/h5-11,16H,3-4,12-15,17-18H2,1-2H3,(H,27,30). The van der Waals surface area contributed by atoms with Crippen LogP contribution in [0.4, 0.5) is 5.00 Å². The molecule has 174 valence electrons. The molecule has 33 heavy (non-hydrogen) atoms. The second-order valence-electron chi connectivity index (χ2n) is 8.27. The van der Waals surface area contributed by atoms with Crippen molar-refractivity contribution in [2.75, 3.05) is 44.6 Å². The second kappa shape index (κ2) is 10.9. The number of carbonyl (C=O) groups is 2. The van der Waals surface area contributed by atoms with Gasteiger partial charge >= 0.3 is 5.97 Å². The third kappa shape index (κ3) is 5.79. The minimum absolute atomic E-state index is 0.0902. The van der Waals surface area contributed by atoms with Crippen LogP contribution in [0.5, 0.6) is 0 Å². The number of aryl methyl sites for hydroxylation is 1. The molecule has 1 aliphatic heterocycles. The van der Waals surface area contributed by atoms with Gasteiger partial charge in [0.1, 0.15) is 5.00 Å². The molecule has 6 nitrogen and oxygen atoms in total. The lowest BCUT2D eigenvalue weighted by Gasteiger charge is -2.34. The molecule has 2 heterocycles. The molecule has 0 saturated carbocycles. The van der Waals surface area contributed by atoms with Crippen molar-refractivity contribution in [3.8, 4) is 0 Å². The number of ether oxygens (including phenoxy) is 1. The smallest absolute Gasteiger partial charge is 0.341 e. The Hall–Kier alpha value is -2.74. The zero-order valence-corrected chi connectivity index (χ0v) is 20.1. The molecular formula is C26H31N3O3S. The van der Waals surface area contributed by atoms with E-state index >= 15 is 0 Å². The Morgan fingerprint density at radius 3 is 2.48 bits per heavy atom. The quantitative estimate of drug-likeness (QED) is 0.500. The van der Waals surface area contributed by atoms with Crippen LogP contribution in [0.15, 0.2) is 48.5 Å². The number of hydrogen-bond acceptors (Lipinski definition) is 6. The van der Waals surface area contributed by atoms with Gasteiger partial charge in [-0.2, -0.15) is 0 Å². The molecule has 1 aliphatic rings. The summed E-state index contributed by atoms with van der Waals surface area (Å²) in [5, 5.41) is 6.11. The molecule has 0 unspecified atom stereocenters. The number of carbonyl (C=O) groups excluding carboxylic acids is 2. The van der Waals surface area contributed by atoms with Gasteiger partial charge in [0.25, 0.3) is 0 Å². The molecule has 4 rings (SSSR count). The molecule has 0 atom stereocenters. The first-order valence-electron chi connectivity index (χ1n) is 11.6. The minimum atomic E-state index is -0.384. The monoisotopic (exact) mass is 465 g/mol. The van der Waals surface area contributed by atoms with Gasteiger partial charge in [-0.25, -0.2) is 4.79 Å². The fourth-order valence-electron chi connectivity index (χ4n) is 4.22. The van der Waals surface area contributed by atoms with Crippen molar-refractivity contribution in [1.29, 1.82) is 0 Å². The fraction of sp³-hybridized carbons (Fsp3) is 0.385. The maximum absolute atomic E-state index is 12.7. The van der Waals surface area contributed by atoms with Crippen molar-refractivity contribution in [2.24, 2.45) is 0 Å². The van der Waals surface area contributed by atoms with Crippen LogP contribution in [-0.4, -0.2) is 61.0 Å². The predicted octanol–water partition coefficient (Wildman–Crippen LogP) is 4.40. The molecule has 7 heteroatoms. The van der Waals surface area contributed by atoms with E-state index < -0.39 is 0 Å². The predicted molar refractivity (Wildman–Crippen MR) is 134 cm³/mol. The van der Waals surface area contributed by atoms with E-state index in [9.17, 15) is 9.59 Å². The van der Waals surface area contributed by atoms with E-state index in [4.69, 9.17) is 4.74 Å². The zero-order chi connectivity index (χ0) is 23.2. The molecule has 0 spiro atoms. The third-order valence-corrected chi connectivity index (χ3v) is 7.18. The molecule has 3 aromatic rings. The van der Waals surface area contributed by atoms with E-state index in [1.165, 1.54) is 27.7 Å². The molecule has 1 saturated heterocycles. The summed E-state index contributed by atoms with van der Waals surface area (Å²) < 4.78 is 5.15. The Labute approximate surface area is 199 Å². The van der Waals surface area contributed by atoms with Gasteiger partial charge in [0, 0.05) is 37.6 Å². The van der Waals surface area contributed by atoms with Crippen molar-refractivity contribution < 1.29 is 14.3 Å². The van der Waals surface area contributed by atoms with Crippen molar-refractivity contribution >= 4 is 39.0 Å². The highest BCUT2D eigenvalue weighted by atomic mass is 32.1. The molecule has 1 amide bonds. The Bertz CT molecular complexity index is 1110. The lowest BCUT2D eigenvalue weighted by atomic mass is 10.0. The van der Waals surface area contributed by atoms with Crippen molar-refractivity contribution in [2.45, 2.75) is 26.8 Å². The van der Waals surface area contributed by atoms with E-state index in [0.717, 1.165) is 44.0 Å². The average Bonchev–Trinajstić information content (AvgIpc) is 3.23. The number of piperazine rings is 1. The van der Waals surface area contributed by atoms with Gasteiger partial charge < -0.3 is 10.1 Å². The summed E-state index contributed by atoms with van der Waals surface area (Å²) in [6.07, 6.45) is 0.811. The molecule has 0 bridgehead atoms. The number of thiophene rings is 1. The molecule has 0 aliphatic carbocycles. The summed E-state index contributed by atoms with van der Waals surface area (Å²) in [6, 6.07) is 16.8. The highest BCUT2D eigenvalue weighted by Crippen LogP contribution is 2.29. The highest BCUT2D eigenvalue weighted by molar-refractivity contribution is 7.16. The minimum Gasteiger partial charge on any atom is -0.462 e. The maximum atomic E-state index is 12.7. The average molecular weight is 466 g/mol. The molecule has 0 radical (unpaired) electrons. The molecule has 2 aromatic carbocycles. The lowest BCUT2D eigenvalue weighted by Crippen LogP contribution is -2.48. The van der Waals surface area contributed by atoms with Crippen LogP contribution in [0.3, 0.4) is 0 Å². The normalized spacial score (nSPS) is 15.0. The van der Waals surface area contributed by atoms with Crippen molar-refractivity contribution in [1.82, 2.24) is 9.80 Å². The van der Waals surface area contributed by atoms with Crippen LogP contribution in [0.1, 0.15) is 34.6 Å². The third-order valence-electron chi connectivity index (χ3n) is 5.99. The molecule has 1 fully saturated rings. The Morgan fingerprint density at radius 1 is 1.00 bits per heavy atom. The van der Waals surface area contributed by atoms with Crippen LogP contribution in [0.25, 0.3) is 10.8 Å². The number of nitrogens with one attached hydrogen (secondary N) is 1. The van der Waals surface area contributed by atoms with Gasteiger partial charge in [0.05, 0.1) is 18.7 Å². The Morgan fingerprint density at radius 2 is 1.73 bits per heavy atom. The van der Waals surface area contributed by atoms with Crippen LogP contribution in [-0.2, 0) is 22.5 Å². The summed E-state index contributed by atoms with van der Waals surface area (Å²) >= 11 is 1.45. The molecule has 1 aromatic heterocycles. The van der Waals surface area contributed by atoms with Crippen molar-refractivity contribution in [3.05, 3.63) is 64.5 Å². The van der Waals surface area contributed by atoms with Crippen LogP contribution in [0, 0.1) is 0 Å². The lowest BCUT2D eigenvalue weighted by molar-refractivity contribution is -0.117. The van der Waals surface area contributed by atoms with E-state index in [0.29, 0.717) is 23.7 Å². The number of amides is 1. The summed E-state index contributed by atoms with van der Waals surface area (Å²) in [5.41, 5.74) is 1.79. The number of rotatable bonds is 8. The number of benzene rings is 2. The first-order valence-corrected chi connectivity index (χ1v) is 12.4. The van der Waals surface area contributed by atoms with E-state index in [1.807, 2.05) is 13.0 Å². The maximum Gasteiger partial charge on any atom is 0.341 e. The van der Waals surface area contributed by atoms with Gasteiger partial charge in [0.2, 0.25) is 5.91 Å². The number of esters is 1. The number of anilines is 1. The topological polar surface area (TPSA) is 61.9 Å². The summed E-state index contributed by atoms with van der Waals surface area (Å²) in [7, 11) is 0. The van der Waals surface area contributed by atoms with Gasteiger partial charge in [-0.3, -0.25) is 14.6 Å². The fourth-order valence-corrected chi connectivity index (χ4v) is 5.22. The van der Waals surface area contributed by atoms with E-state index in [2.05, 4.69) is 57.6 Å². The van der Waals surface area contributed by atoms with Gasteiger partial charge in [0.15, 0.2) is 0 Å². The van der Waals surface area contributed by atoms with E-state index in [1.54, 1.807) is 6.92 Å². The first kappa shape index (κ1) is 23.4. The summed E-state index contributed by atoms with van der Waals surface area (Å²) in [6.45, 7) is 8.89. The van der Waals surface area contributed by atoms with Crippen molar-refractivity contribution in [3.63, 3.8) is 0 Å². The number of fused-ring (bicyclic) bond motifs is 1. The SMILES string of the molecule is CCOC(=O)c1cc(CC)sc1NC(=O)CN1CCN(Cc2cccc3ccccc23)CC1. The number of hydrogen-bond donors (Lipinski definition) is 1. The summed E-state index contributed by atoms with van der Waals surface area (Å²) in [4.78, 5) is 30.6. The number of nitrogens with zero attached hydrogens (tertiary/aromatic N) is 2. The second-order valence-corrected chi connectivity index (χ2v) is 9.41. The molecular weight excluding hydrogens is 434 g/mol. The van der Waals surface area contributed by atoms with Gasteiger partial charge in [-0.05, 0) is 35.7 Å². The van der Waals surface area contributed by atoms with Crippen LogP contribution < -0.4 is 5.32 Å². The van der Waals surface area contributed by atoms with Gasteiger partial charge in [-0.15, -0.1) is 11.3 Å². The van der Waals surface area contributed by atoms with E-state index in [-0.39, 0.29) is 11.9 Å². The van der Waals surface area contributed by atoms with Gasteiger partial charge in [-0.1, -0.05) is 49.4 Å². The largest absolute Gasteiger partial charge is 0.462 e.